The summed E-state index contributed by atoms with van der Waals surface area (Å²) >= 11 is 5.77. The Kier molecular flexibility index (Phi) is 6.24. The van der Waals surface area contributed by atoms with E-state index in [2.05, 4.69) is 20.2 Å². The van der Waals surface area contributed by atoms with Gasteiger partial charge in [0.1, 0.15) is 10.7 Å². The van der Waals surface area contributed by atoms with E-state index in [1.165, 1.54) is 17.2 Å². The van der Waals surface area contributed by atoms with E-state index < -0.39 is 16.9 Å². The third kappa shape index (κ3) is 4.77. The van der Waals surface area contributed by atoms with E-state index in [0.717, 1.165) is 5.56 Å². The number of rotatable bonds is 3. The van der Waals surface area contributed by atoms with Crippen molar-refractivity contribution >= 4 is 23.5 Å². The molecule has 1 unspecified atom stereocenters. The molecule has 0 aliphatic carbocycles. The Morgan fingerprint density at radius 3 is 2.55 bits per heavy atom. The molecule has 1 fully saturated rings. The van der Waals surface area contributed by atoms with Crippen molar-refractivity contribution in [2.75, 3.05) is 24.5 Å². The smallest absolute Gasteiger partial charge is 0.339 e. The molecule has 1 amide bonds. The molecular formula is C21H21ClF3N7O. The van der Waals surface area contributed by atoms with Gasteiger partial charge in [-0.25, -0.2) is 9.97 Å². The maximum Gasteiger partial charge on any atom is 0.420 e. The largest absolute Gasteiger partial charge is 0.420 e. The van der Waals surface area contributed by atoms with Gasteiger partial charge in [0, 0.05) is 31.9 Å². The molecule has 0 saturated carbocycles. The van der Waals surface area contributed by atoms with E-state index in [0.29, 0.717) is 43.5 Å². The summed E-state index contributed by atoms with van der Waals surface area (Å²) in [6, 6.07) is 5.37. The number of nitrogens with zero attached hydrogens (tertiary/aromatic N) is 7. The molecule has 0 bridgehead atoms. The quantitative estimate of drug-likeness (QED) is 0.532. The second-order valence-corrected chi connectivity index (χ2v) is 8.19. The zero-order valence-corrected chi connectivity index (χ0v) is 18.7. The molecule has 174 valence electrons. The van der Waals surface area contributed by atoms with E-state index in [1.54, 1.807) is 21.9 Å². The molecule has 1 atom stereocenters. The van der Waals surface area contributed by atoms with Crippen molar-refractivity contribution < 1.29 is 18.0 Å². The van der Waals surface area contributed by atoms with Crippen molar-refractivity contribution in [1.29, 1.82) is 0 Å². The van der Waals surface area contributed by atoms with Gasteiger partial charge in [-0.1, -0.05) is 23.2 Å². The number of halogens is 4. The van der Waals surface area contributed by atoms with Gasteiger partial charge < -0.3 is 9.80 Å². The fourth-order valence-corrected chi connectivity index (χ4v) is 3.98. The highest BCUT2D eigenvalue weighted by atomic mass is 35.5. The Bertz CT molecular complexity index is 1150. The predicted molar refractivity (Wildman–Crippen MR) is 115 cm³/mol. The third-order valence-electron chi connectivity index (χ3n) is 5.55. The summed E-state index contributed by atoms with van der Waals surface area (Å²) in [5, 5.41) is 7.64. The zero-order valence-electron chi connectivity index (χ0n) is 17.9. The highest BCUT2D eigenvalue weighted by molar-refractivity contribution is 6.30. The number of carbonyl (C=O) groups excluding carboxylic acids is 1. The average Bonchev–Trinajstić information content (AvgIpc) is 3.22. The van der Waals surface area contributed by atoms with Gasteiger partial charge in [-0.2, -0.15) is 28.2 Å². The molecule has 2 aromatic heterocycles. The van der Waals surface area contributed by atoms with E-state index in [9.17, 15) is 18.0 Å². The summed E-state index contributed by atoms with van der Waals surface area (Å²) in [4.78, 5) is 26.2. The van der Waals surface area contributed by atoms with Crippen LogP contribution in [0.25, 0.3) is 5.69 Å². The fourth-order valence-electron chi connectivity index (χ4n) is 3.75. The van der Waals surface area contributed by atoms with Crippen molar-refractivity contribution in [2.45, 2.75) is 32.5 Å². The summed E-state index contributed by atoms with van der Waals surface area (Å²) < 4.78 is 38.9. The van der Waals surface area contributed by atoms with Crippen LogP contribution in [0, 0.1) is 6.92 Å². The van der Waals surface area contributed by atoms with E-state index >= 15 is 0 Å². The standard InChI is InChI=1S/C21H21ClF3N7O/c1-13-3-4-17(32-27-6-7-28-32)15(11-13)19(33)31-10-9-30(8-5-14(31)2)20-26-12-16(18(22)29-20)21(23,24)25/h3-4,6-7,11-12,14H,5,8-10H2,1-2H3. The Balaban J connectivity index is 1.57. The number of hydrogen-bond acceptors (Lipinski definition) is 6. The lowest BCUT2D eigenvalue weighted by Gasteiger charge is -2.27. The Labute approximate surface area is 193 Å². The Hall–Kier alpha value is -3.21. The SMILES string of the molecule is Cc1ccc(-n2nccn2)c(C(=O)N2CCN(c3ncc(C(F)(F)F)c(Cl)n3)CCC2C)c1. The normalized spacial score (nSPS) is 17.2. The highest BCUT2D eigenvalue weighted by Gasteiger charge is 2.35. The van der Waals surface area contributed by atoms with E-state index in [4.69, 9.17) is 11.6 Å². The van der Waals surface area contributed by atoms with Gasteiger partial charge in [0.2, 0.25) is 5.95 Å². The lowest BCUT2D eigenvalue weighted by molar-refractivity contribution is -0.137. The van der Waals surface area contributed by atoms with Crippen LogP contribution in [0.2, 0.25) is 5.15 Å². The number of hydrogen-bond donors (Lipinski definition) is 0. The Morgan fingerprint density at radius 2 is 1.88 bits per heavy atom. The van der Waals surface area contributed by atoms with E-state index in [-0.39, 0.29) is 17.9 Å². The van der Waals surface area contributed by atoms with Gasteiger partial charge in [0.05, 0.1) is 23.6 Å². The summed E-state index contributed by atoms with van der Waals surface area (Å²) in [5.74, 6) is -0.0711. The minimum atomic E-state index is -4.62. The van der Waals surface area contributed by atoms with Gasteiger partial charge in [0.15, 0.2) is 0 Å². The lowest BCUT2D eigenvalue weighted by Crippen LogP contribution is -2.40. The number of carbonyl (C=O) groups is 1. The first kappa shape index (κ1) is 23.0. The molecule has 4 rings (SSSR count). The van der Waals surface area contributed by atoms with Crippen LogP contribution in [0.1, 0.15) is 34.8 Å². The summed E-state index contributed by atoms with van der Waals surface area (Å²) in [6.45, 7) is 4.98. The lowest BCUT2D eigenvalue weighted by atomic mass is 10.1. The average molecular weight is 480 g/mol. The maximum absolute atomic E-state index is 13.5. The maximum atomic E-state index is 13.5. The van der Waals surface area contributed by atoms with Crippen molar-refractivity contribution in [1.82, 2.24) is 29.9 Å². The summed E-state index contributed by atoms with van der Waals surface area (Å²) in [7, 11) is 0. The minimum Gasteiger partial charge on any atom is -0.339 e. The van der Waals surface area contributed by atoms with Gasteiger partial charge in [-0.3, -0.25) is 4.79 Å². The van der Waals surface area contributed by atoms with Gasteiger partial charge >= 0.3 is 6.18 Å². The van der Waals surface area contributed by atoms with Gasteiger partial charge in [-0.15, -0.1) is 0 Å². The van der Waals surface area contributed by atoms with Gasteiger partial charge in [-0.05, 0) is 32.4 Å². The van der Waals surface area contributed by atoms with Crippen LogP contribution in [0.15, 0.2) is 36.8 Å². The number of anilines is 1. The molecule has 0 N–H and O–H groups in total. The second kappa shape index (κ2) is 8.97. The first-order valence-electron chi connectivity index (χ1n) is 10.3. The number of amides is 1. The summed E-state index contributed by atoms with van der Waals surface area (Å²) in [5.41, 5.74) is 0.889. The van der Waals surface area contributed by atoms with Crippen LogP contribution in [0.3, 0.4) is 0 Å². The molecule has 12 heteroatoms. The Morgan fingerprint density at radius 1 is 1.15 bits per heavy atom. The van der Waals surface area contributed by atoms with Crippen molar-refractivity contribution in [3.8, 4) is 5.69 Å². The number of aryl methyl sites for hydroxylation is 1. The van der Waals surface area contributed by atoms with Crippen LogP contribution in [0.5, 0.6) is 0 Å². The molecule has 1 aliphatic heterocycles. The topological polar surface area (TPSA) is 80.0 Å². The molecule has 1 aliphatic rings. The molecule has 3 aromatic rings. The van der Waals surface area contributed by atoms with Gasteiger partial charge in [0.25, 0.3) is 5.91 Å². The molecular weight excluding hydrogens is 459 g/mol. The predicted octanol–water partition coefficient (Wildman–Crippen LogP) is 3.78. The van der Waals surface area contributed by atoms with E-state index in [1.807, 2.05) is 19.9 Å². The molecule has 0 radical (unpaired) electrons. The van der Waals surface area contributed by atoms with Crippen LogP contribution >= 0.6 is 11.6 Å². The summed E-state index contributed by atoms with van der Waals surface area (Å²) in [6.07, 6.45) is -0.278. The molecule has 0 spiro atoms. The molecule has 8 nitrogen and oxygen atoms in total. The first-order valence-corrected chi connectivity index (χ1v) is 10.7. The van der Waals surface area contributed by atoms with Crippen molar-refractivity contribution in [3.05, 3.63) is 58.6 Å². The fraction of sp³-hybridized carbons (Fsp3) is 0.381. The second-order valence-electron chi connectivity index (χ2n) is 7.83. The molecule has 3 heterocycles. The monoisotopic (exact) mass is 479 g/mol. The third-order valence-corrected chi connectivity index (χ3v) is 5.84. The van der Waals surface area contributed by atoms with Crippen molar-refractivity contribution in [3.63, 3.8) is 0 Å². The number of alkyl halides is 3. The minimum absolute atomic E-state index is 0.103. The molecule has 1 aromatic carbocycles. The van der Waals surface area contributed by atoms with Crippen LogP contribution < -0.4 is 4.90 Å². The van der Waals surface area contributed by atoms with Crippen LogP contribution in [0.4, 0.5) is 19.1 Å². The van der Waals surface area contributed by atoms with Crippen molar-refractivity contribution in [2.24, 2.45) is 0 Å². The first-order chi connectivity index (χ1) is 15.6. The highest BCUT2D eigenvalue weighted by Crippen LogP contribution is 2.34. The van der Waals surface area contributed by atoms with Crippen LogP contribution in [-0.2, 0) is 6.18 Å². The zero-order chi connectivity index (χ0) is 23.8. The number of aromatic nitrogens is 5. The number of benzene rings is 1. The molecule has 33 heavy (non-hydrogen) atoms. The molecule has 1 saturated heterocycles. The van der Waals surface area contributed by atoms with Crippen LogP contribution in [-0.4, -0.2) is 61.4 Å².